The minimum Gasteiger partial charge on any atom is -0.497 e. The van der Waals surface area contributed by atoms with Gasteiger partial charge in [0.2, 0.25) is 0 Å². The summed E-state index contributed by atoms with van der Waals surface area (Å²) in [4.78, 5) is 23.6. The monoisotopic (exact) mass is 369 g/mol. The zero-order chi connectivity index (χ0) is 19.2. The first-order chi connectivity index (χ1) is 13.0. The molecule has 2 heterocycles. The Hall–Kier alpha value is -2.83. The number of rotatable bonds is 5. The summed E-state index contributed by atoms with van der Waals surface area (Å²) in [6.45, 7) is 6.22. The Morgan fingerprint density at radius 3 is 2.63 bits per heavy atom. The largest absolute Gasteiger partial charge is 0.497 e. The summed E-state index contributed by atoms with van der Waals surface area (Å²) in [5.41, 5.74) is 2.59. The second-order valence-electron chi connectivity index (χ2n) is 6.82. The highest BCUT2D eigenvalue weighted by Gasteiger charge is 2.14. The zero-order valence-electron chi connectivity index (χ0n) is 16.2. The van der Waals surface area contributed by atoms with Crippen LogP contribution in [0.25, 0.3) is 0 Å². The van der Waals surface area contributed by atoms with Crippen molar-refractivity contribution in [3.8, 4) is 5.75 Å². The number of amides is 2. The summed E-state index contributed by atoms with van der Waals surface area (Å²) in [6.07, 6.45) is 3.67. The van der Waals surface area contributed by atoms with Gasteiger partial charge < -0.3 is 20.3 Å². The fourth-order valence-electron chi connectivity index (χ4n) is 3.21. The number of benzene rings is 1. The van der Waals surface area contributed by atoms with Crippen LogP contribution in [0.1, 0.15) is 36.3 Å². The maximum absolute atomic E-state index is 12.2. The van der Waals surface area contributed by atoms with Gasteiger partial charge >= 0.3 is 6.03 Å². The Kier molecular flexibility index (Phi) is 6.11. The number of carbonyl (C=O) groups is 1. The molecule has 0 spiro atoms. The molecule has 3 rings (SSSR count). The summed E-state index contributed by atoms with van der Waals surface area (Å²) < 4.78 is 5.18. The number of methoxy groups -OCH3 is 1. The number of piperidine rings is 1. The van der Waals surface area contributed by atoms with Crippen molar-refractivity contribution >= 4 is 17.5 Å². The summed E-state index contributed by atoms with van der Waals surface area (Å²) in [5, 5.41) is 5.69. The fraction of sp³-hybridized carbons (Fsp3) is 0.450. The third-order valence-electron chi connectivity index (χ3n) is 4.66. The van der Waals surface area contributed by atoms with Gasteiger partial charge in [0.15, 0.2) is 0 Å². The lowest BCUT2D eigenvalue weighted by atomic mass is 10.1. The van der Waals surface area contributed by atoms with E-state index in [2.05, 4.69) is 25.5 Å². The maximum atomic E-state index is 12.2. The molecule has 1 aromatic heterocycles. The minimum absolute atomic E-state index is 0.281. The van der Waals surface area contributed by atoms with Gasteiger partial charge in [0.1, 0.15) is 17.4 Å². The van der Waals surface area contributed by atoms with E-state index in [0.717, 1.165) is 41.6 Å². The molecule has 27 heavy (non-hydrogen) atoms. The SMILES string of the molecule is COc1ccc(NC(=O)NCc2nc(C)cc(N3CCCCC3)n2)c(C)c1. The van der Waals surface area contributed by atoms with Gasteiger partial charge in [-0.25, -0.2) is 14.8 Å². The van der Waals surface area contributed by atoms with Crippen molar-refractivity contribution in [3.05, 3.63) is 41.3 Å². The molecule has 1 aromatic carbocycles. The number of hydrogen-bond donors (Lipinski definition) is 2. The molecule has 2 N–H and O–H groups in total. The van der Waals surface area contributed by atoms with Gasteiger partial charge in [-0.1, -0.05) is 0 Å². The number of urea groups is 1. The van der Waals surface area contributed by atoms with Gasteiger partial charge in [0.25, 0.3) is 0 Å². The standard InChI is InChI=1S/C20H27N5O2/c1-14-11-16(27-3)7-8-17(14)23-20(26)21-13-18-22-15(2)12-19(24-18)25-9-5-4-6-10-25/h7-8,11-12H,4-6,9-10,13H2,1-3H3,(H2,21,23,26). The molecule has 0 radical (unpaired) electrons. The summed E-state index contributed by atoms with van der Waals surface area (Å²) >= 11 is 0. The molecule has 2 aromatic rings. The molecule has 1 fully saturated rings. The number of anilines is 2. The highest BCUT2D eigenvalue weighted by Crippen LogP contribution is 2.21. The van der Waals surface area contributed by atoms with Crippen LogP contribution in [0.4, 0.5) is 16.3 Å². The lowest BCUT2D eigenvalue weighted by Gasteiger charge is -2.28. The van der Waals surface area contributed by atoms with Crippen LogP contribution in [0.15, 0.2) is 24.3 Å². The van der Waals surface area contributed by atoms with Crippen LogP contribution in [0.3, 0.4) is 0 Å². The van der Waals surface area contributed by atoms with Crippen LogP contribution >= 0.6 is 0 Å². The molecule has 0 unspecified atom stereocenters. The average Bonchev–Trinajstić information content (AvgIpc) is 2.68. The minimum atomic E-state index is -0.284. The molecule has 0 bridgehead atoms. The number of carbonyl (C=O) groups excluding carboxylic acids is 1. The number of aromatic nitrogens is 2. The van der Waals surface area contributed by atoms with Crippen LogP contribution in [-0.4, -0.2) is 36.2 Å². The first-order valence-electron chi connectivity index (χ1n) is 9.34. The van der Waals surface area contributed by atoms with Gasteiger partial charge in [0.05, 0.1) is 13.7 Å². The van der Waals surface area contributed by atoms with E-state index in [-0.39, 0.29) is 12.6 Å². The van der Waals surface area contributed by atoms with Crippen molar-refractivity contribution in [1.82, 2.24) is 15.3 Å². The molecule has 0 aliphatic carbocycles. The van der Waals surface area contributed by atoms with Crippen LogP contribution < -0.4 is 20.3 Å². The third kappa shape index (κ3) is 5.09. The molecule has 1 aliphatic heterocycles. The van der Waals surface area contributed by atoms with E-state index in [1.165, 1.54) is 19.3 Å². The van der Waals surface area contributed by atoms with Gasteiger partial charge in [-0.3, -0.25) is 0 Å². The van der Waals surface area contributed by atoms with Crippen LogP contribution in [0.5, 0.6) is 5.75 Å². The van der Waals surface area contributed by atoms with Gasteiger partial charge in [0, 0.05) is 30.5 Å². The van der Waals surface area contributed by atoms with E-state index < -0.39 is 0 Å². The molecule has 7 heteroatoms. The molecule has 2 amide bonds. The number of ether oxygens (including phenoxy) is 1. The van der Waals surface area contributed by atoms with Crippen molar-refractivity contribution in [3.63, 3.8) is 0 Å². The second kappa shape index (κ2) is 8.70. The van der Waals surface area contributed by atoms with E-state index >= 15 is 0 Å². The number of aryl methyl sites for hydroxylation is 2. The summed E-state index contributed by atoms with van der Waals surface area (Å²) in [7, 11) is 1.62. The quantitative estimate of drug-likeness (QED) is 0.844. The summed E-state index contributed by atoms with van der Waals surface area (Å²) in [5.74, 6) is 2.33. The molecular weight excluding hydrogens is 342 g/mol. The van der Waals surface area contributed by atoms with E-state index in [0.29, 0.717) is 5.82 Å². The first-order valence-corrected chi connectivity index (χ1v) is 9.34. The lowest BCUT2D eigenvalue weighted by molar-refractivity contribution is 0.251. The molecule has 0 saturated carbocycles. The van der Waals surface area contributed by atoms with E-state index in [9.17, 15) is 4.79 Å². The Morgan fingerprint density at radius 1 is 1.15 bits per heavy atom. The van der Waals surface area contributed by atoms with E-state index in [1.807, 2.05) is 38.1 Å². The second-order valence-corrected chi connectivity index (χ2v) is 6.82. The van der Waals surface area contributed by atoms with Crippen LogP contribution in [0.2, 0.25) is 0 Å². The normalized spacial score (nSPS) is 14.0. The lowest BCUT2D eigenvalue weighted by Crippen LogP contribution is -2.32. The van der Waals surface area contributed by atoms with Crippen LogP contribution in [0, 0.1) is 13.8 Å². The number of hydrogen-bond acceptors (Lipinski definition) is 5. The van der Waals surface area contributed by atoms with E-state index in [1.54, 1.807) is 7.11 Å². The Bertz CT molecular complexity index is 803. The highest BCUT2D eigenvalue weighted by atomic mass is 16.5. The first kappa shape index (κ1) is 18.9. The predicted molar refractivity (Wildman–Crippen MR) is 106 cm³/mol. The van der Waals surface area contributed by atoms with Gasteiger partial charge in [-0.15, -0.1) is 0 Å². The smallest absolute Gasteiger partial charge is 0.319 e. The number of nitrogens with zero attached hydrogens (tertiary/aromatic N) is 3. The van der Waals surface area contributed by atoms with Gasteiger partial charge in [-0.05, 0) is 56.9 Å². The topological polar surface area (TPSA) is 79.4 Å². The predicted octanol–water partition coefficient (Wildman–Crippen LogP) is 3.41. The van der Waals surface area contributed by atoms with Crippen molar-refractivity contribution in [1.29, 1.82) is 0 Å². The average molecular weight is 369 g/mol. The maximum Gasteiger partial charge on any atom is 0.319 e. The van der Waals surface area contributed by atoms with Crippen molar-refractivity contribution in [2.24, 2.45) is 0 Å². The molecule has 1 aliphatic rings. The third-order valence-corrected chi connectivity index (χ3v) is 4.66. The zero-order valence-corrected chi connectivity index (χ0v) is 16.2. The molecule has 144 valence electrons. The van der Waals surface area contributed by atoms with Gasteiger partial charge in [-0.2, -0.15) is 0 Å². The molecular formula is C20H27N5O2. The molecule has 7 nitrogen and oxygen atoms in total. The Balaban J connectivity index is 1.60. The summed E-state index contributed by atoms with van der Waals surface area (Å²) in [6, 6.07) is 7.25. The van der Waals surface area contributed by atoms with Crippen molar-refractivity contribution < 1.29 is 9.53 Å². The van der Waals surface area contributed by atoms with Crippen LogP contribution in [-0.2, 0) is 6.54 Å². The number of nitrogens with one attached hydrogen (secondary N) is 2. The fourth-order valence-corrected chi connectivity index (χ4v) is 3.21. The van der Waals surface area contributed by atoms with Crippen molar-refractivity contribution in [2.45, 2.75) is 39.7 Å². The molecule has 0 atom stereocenters. The Morgan fingerprint density at radius 2 is 1.93 bits per heavy atom. The Labute approximate surface area is 160 Å². The van der Waals surface area contributed by atoms with E-state index in [4.69, 9.17) is 4.74 Å². The highest BCUT2D eigenvalue weighted by molar-refractivity contribution is 5.90. The molecule has 1 saturated heterocycles. The van der Waals surface area contributed by atoms with Crippen molar-refractivity contribution in [2.75, 3.05) is 30.4 Å².